The van der Waals surface area contributed by atoms with Crippen molar-refractivity contribution in [2.75, 3.05) is 11.9 Å². The van der Waals surface area contributed by atoms with Crippen molar-refractivity contribution in [3.8, 4) is 5.75 Å². The molecule has 0 radical (unpaired) electrons. The normalized spacial score (nSPS) is 11.2. The van der Waals surface area contributed by atoms with Crippen LogP contribution >= 0.6 is 31.9 Å². The standard InChI is InChI=1S/C25H19Br2FN4O3/c1-2-23-31-21-9-4-16(26)12-19(21)25(34)32(23)29-13-15-3-10-22(20(27)11-15)35-14-24(33)30-18-7-5-17(28)6-8-18/h3-13H,2,14H2,1H3,(H,30,33). The Morgan fingerprint density at radius 3 is 2.63 bits per heavy atom. The maximum Gasteiger partial charge on any atom is 0.282 e. The predicted molar refractivity (Wildman–Crippen MR) is 141 cm³/mol. The number of hydrogen-bond donors (Lipinski definition) is 1. The smallest absolute Gasteiger partial charge is 0.282 e. The number of rotatable bonds is 7. The van der Waals surface area contributed by atoms with E-state index >= 15 is 0 Å². The van der Waals surface area contributed by atoms with Gasteiger partial charge in [-0.2, -0.15) is 9.78 Å². The van der Waals surface area contributed by atoms with Gasteiger partial charge in [0, 0.05) is 16.6 Å². The molecule has 1 N–H and O–H groups in total. The van der Waals surface area contributed by atoms with Crippen molar-refractivity contribution in [1.29, 1.82) is 0 Å². The summed E-state index contributed by atoms with van der Waals surface area (Å²) in [5.74, 6) is 0.246. The number of nitrogens with one attached hydrogen (secondary N) is 1. The van der Waals surface area contributed by atoms with E-state index in [9.17, 15) is 14.0 Å². The Morgan fingerprint density at radius 2 is 1.91 bits per heavy atom. The third kappa shape index (κ3) is 6.01. The van der Waals surface area contributed by atoms with Crippen LogP contribution in [-0.4, -0.2) is 28.4 Å². The molecule has 7 nitrogen and oxygen atoms in total. The van der Waals surface area contributed by atoms with Crippen LogP contribution in [0.2, 0.25) is 0 Å². The third-order valence-electron chi connectivity index (χ3n) is 4.96. The SMILES string of the molecule is CCc1nc2ccc(Br)cc2c(=O)n1N=Cc1ccc(OCC(=O)Nc2ccc(F)cc2)c(Br)c1. The fourth-order valence-corrected chi connectivity index (χ4v) is 4.13. The molecular formula is C25H19Br2FN4O3. The molecule has 0 aliphatic carbocycles. The summed E-state index contributed by atoms with van der Waals surface area (Å²) < 4.78 is 21.3. The van der Waals surface area contributed by atoms with Gasteiger partial charge in [0.2, 0.25) is 0 Å². The molecule has 1 aromatic heterocycles. The maximum atomic E-state index is 13.0. The molecule has 0 saturated carbocycles. The lowest BCUT2D eigenvalue weighted by Gasteiger charge is -2.10. The number of carbonyl (C=O) groups is 1. The van der Waals surface area contributed by atoms with Crippen LogP contribution < -0.4 is 15.6 Å². The highest BCUT2D eigenvalue weighted by Gasteiger charge is 2.10. The van der Waals surface area contributed by atoms with E-state index in [1.54, 1.807) is 36.5 Å². The minimum Gasteiger partial charge on any atom is -0.483 e. The molecule has 0 unspecified atom stereocenters. The van der Waals surface area contributed by atoms with Gasteiger partial charge in [-0.15, -0.1) is 0 Å². The van der Waals surface area contributed by atoms with Crippen LogP contribution in [0.5, 0.6) is 5.75 Å². The largest absolute Gasteiger partial charge is 0.483 e. The van der Waals surface area contributed by atoms with Gasteiger partial charge in [0.1, 0.15) is 17.4 Å². The number of ether oxygens (including phenoxy) is 1. The van der Waals surface area contributed by atoms with Gasteiger partial charge in [-0.05, 0) is 82.2 Å². The Balaban J connectivity index is 1.48. The fourth-order valence-electron chi connectivity index (χ4n) is 3.26. The first-order valence-corrected chi connectivity index (χ1v) is 12.2. The summed E-state index contributed by atoms with van der Waals surface area (Å²) >= 11 is 6.82. The summed E-state index contributed by atoms with van der Waals surface area (Å²) in [7, 11) is 0. The van der Waals surface area contributed by atoms with E-state index in [-0.39, 0.29) is 23.9 Å². The number of carbonyl (C=O) groups excluding carboxylic acids is 1. The topological polar surface area (TPSA) is 85.6 Å². The lowest BCUT2D eigenvalue weighted by molar-refractivity contribution is -0.118. The second-order valence-corrected chi connectivity index (χ2v) is 9.21. The van der Waals surface area contributed by atoms with E-state index in [0.29, 0.717) is 44.6 Å². The van der Waals surface area contributed by atoms with Gasteiger partial charge in [-0.3, -0.25) is 9.59 Å². The van der Waals surface area contributed by atoms with Gasteiger partial charge in [-0.1, -0.05) is 22.9 Å². The Hall–Kier alpha value is -3.37. The average molecular weight is 602 g/mol. The quantitative estimate of drug-likeness (QED) is 0.283. The molecule has 0 fully saturated rings. The van der Waals surface area contributed by atoms with Gasteiger partial charge in [0.25, 0.3) is 11.5 Å². The zero-order chi connectivity index (χ0) is 24.9. The Bertz CT molecular complexity index is 1490. The first-order chi connectivity index (χ1) is 16.8. The lowest BCUT2D eigenvalue weighted by atomic mass is 10.2. The molecule has 0 spiro atoms. The molecule has 0 aliphatic heterocycles. The van der Waals surface area contributed by atoms with Crippen LogP contribution in [0.4, 0.5) is 10.1 Å². The highest BCUT2D eigenvalue weighted by atomic mass is 79.9. The van der Waals surface area contributed by atoms with E-state index < -0.39 is 0 Å². The van der Waals surface area contributed by atoms with Crippen LogP contribution in [-0.2, 0) is 11.2 Å². The van der Waals surface area contributed by atoms with E-state index in [1.165, 1.54) is 28.9 Å². The molecule has 4 aromatic rings. The molecule has 10 heteroatoms. The minimum atomic E-state index is -0.382. The van der Waals surface area contributed by atoms with Gasteiger partial charge in [0.15, 0.2) is 6.61 Å². The van der Waals surface area contributed by atoms with Crippen molar-refractivity contribution in [3.63, 3.8) is 0 Å². The first kappa shape index (κ1) is 24.7. The molecule has 0 saturated heterocycles. The van der Waals surface area contributed by atoms with Crippen LogP contribution in [0.3, 0.4) is 0 Å². The first-order valence-electron chi connectivity index (χ1n) is 10.6. The molecule has 4 rings (SSSR count). The number of fused-ring (bicyclic) bond motifs is 1. The van der Waals surface area contributed by atoms with Crippen molar-refractivity contribution < 1.29 is 13.9 Å². The van der Waals surface area contributed by atoms with E-state index in [0.717, 1.165) is 4.47 Å². The molecular weight excluding hydrogens is 583 g/mol. The summed E-state index contributed by atoms with van der Waals surface area (Å²) in [5, 5.41) is 7.48. The van der Waals surface area contributed by atoms with Crippen molar-refractivity contribution in [2.45, 2.75) is 13.3 Å². The van der Waals surface area contributed by atoms with E-state index in [2.05, 4.69) is 47.3 Å². The van der Waals surface area contributed by atoms with Crippen LogP contribution in [0.1, 0.15) is 18.3 Å². The number of benzene rings is 3. The second-order valence-electron chi connectivity index (χ2n) is 7.44. The molecule has 0 atom stereocenters. The minimum absolute atomic E-state index is 0.225. The summed E-state index contributed by atoms with van der Waals surface area (Å²) in [5.41, 5.74) is 1.55. The van der Waals surface area contributed by atoms with Gasteiger partial charge >= 0.3 is 0 Å². The van der Waals surface area contributed by atoms with E-state index in [4.69, 9.17) is 4.74 Å². The number of anilines is 1. The van der Waals surface area contributed by atoms with Crippen molar-refractivity contribution in [3.05, 3.63) is 97.2 Å². The zero-order valence-corrected chi connectivity index (χ0v) is 21.6. The van der Waals surface area contributed by atoms with Crippen LogP contribution in [0, 0.1) is 5.82 Å². The number of amides is 1. The monoisotopic (exact) mass is 600 g/mol. The summed E-state index contributed by atoms with van der Waals surface area (Å²) in [6, 6.07) is 16.0. The fraction of sp³-hybridized carbons (Fsp3) is 0.120. The maximum absolute atomic E-state index is 13.0. The number of halogens is 3. The Labute approximate surface area is 216 Å². The number of aromatic nitrogens is 2. The molecule has 1 amide bonds. The molecule has 0 bridgehead atoms. The highest BCUT2D eigenvalue weighted by Crippen LogP contribution is 2.25. The molecule has 178 valence electrons. The predicted octanol–water partition coefficient (Wildman–Crippen LogP) is 5.52. The van der Waals surface area contributed by atoms with Crippen molar-refractivity contribution >= 4 is 60.6 Å². The van der Waals surface area contributed by atoms with Crippen LogP contribution in [0.25, 0.3) is 10.9 Å². The molecule has 35 heavy (non-hydrogen) atoms. The van der Waals surface area contributed by atoms with Gasteiger partial charge in [-0.25, -0.2) is 9.37 Å². The van der Waals surface area contributed by atoms with Crippen molar-refractivity contribution in [1.82, 2.24) is 9.66 Å². The summed E-state index contributed by atoms with van der Waals surface area (Å²) in [6.45, 7) is 1.68. The Morgan fingerprint density at radius 1 is 1.14 bits per heavy atom. The zero-order valence-electron chi connectivity index (χ0n) is 18.5. The summed E-state index contributed by atoms with van der Waals surface area (Å²) in [6.07, 6.45) is 2.09. The lowest BCUT2D eigenvalue weighted by Crippen LogP contribution is -2.22. The second kappa shape index (κ2) is 10.9. The van der Waals surface area contributed by atoms with Crippen LogP contribution in [0.15, 0.2) is 79.5 Å². The number of hydrogen-bond acceptors (Lipinski definition) is 5. The highest BCUT2D eigenvalue weighted by molar-refractivity contribution is 9.10. The Kier molecular flexibility index (Phi) is 7.72. The number of aryl methyl sites for hydroxylation is 1. The van der Waals surface area contributed by atoms with Gasteiger partial charge in [0.05, 0.1) is 21.6 Å². The molecule has 1 heterocycles. The average Bonchev–Trinajstić information content (AvgIpc) is 2.84. The van der Waals surface area contributed by atoms with Crippen molar-refractivity contribution in [2.24, 2.45) is 5.10 Å². The summed E-state index contributed by atoms with van der Waals surface area (Å²) in [4.78, 5) is 29.7. The molecule has 0 aliphatic rings. The van der Waals surface area contributed by atoms with E-state index in [1.807, 2.05) is 13.0 Å². The third-order valence-corrected chi connectivity index (χ3v) is 6.07. The number of nitrogens with zero attached hydrogens (tertiary/aromatic N) is 3. The molecule has 3 aromatic carbocycles. The van der Waals surface area contributed by atoms with Gasteiger partial charge < -0.3 is 10.1 Å².